The van der Waals surface area contributed by atoms with E-state index in [0.29, 0.717) is 5.89 Å². The monoisotopic (exact) mass is 237 g/mol. The summed E-state index contributed by atoms with van der Waals surface area (Å²) in [5, 5.41) is 0. The Morgan fingerprint density at radius 2 is 2.08 bits per heavy atom. The van der Waals surface area contributed by atoms with Crippen LogP contribution in [0.4, 0.5) is 0 Å². The molecule has 66 valence electrons. The lowest BCUT2D eigenvalue weighted by Gasteiger charge is -1.97. The molecule has 2 rings (SSSR count). The van der Waals surface area contributed by atoms with Crippen molar-refractivity contribution in [2.75, 3.05) is 0 Å². The quantitative estimate of drug-likeness (QED) is 0.760. The van der Waals surface area contributed by atoms with Gasteiger partial charge in [-0.15, -0.1) is 0 Å². The van der Waals surface area contributed by atoms with Crippen LogP contribution in [-0.2, 0) is 0 Å². The van der Waals surface area contributed by atoms with E-state index in [1.54, 1.807) is 6.20 Å². The number of nitrogens with zero attached hydrogens (tertiary/aromatic N) is 1. The SMILES string of the molecule is Cc1ncc(-c2ccccc2Br)o1. The van der Waals surface area contributed by atoms with Crippen LogP contribution in [0, 0.1) is 6.92 Å². The Hall–Kier alpha value is -1.09. The van der Waals surface area contributed by atoms with E-state index in [-0.39, 0.29) is 0 Å². The van der Waals surface area contributed by atoms with E-state index in [4.69, 9.17) is 4.42 Å². The van der Waals surface area contributed by atoms with Crippen LogP contribution >= 0.6 is 15.9 Å². The summed E-state index contributed by atoms with van der Waals surface area (Å²) in [4.78, 5) is 4.05. The molecule has 0 saturated heterocycles. The van der Waals surface area contributed by atoms with Crippen molar-refractivity contribution in [1.29, 1.82) is 0 Å². The van der Waals surface area contributed by atoms with Crippen LogP contribution in [0.25, 0.3) is 11.3 Å². The second-order valence-electron chi connectivity index (χ2n) is 2.72. The van der Waals surface area contributed by atoms with Gasteiger partial charge in [-0.2, -0.15) is 0 Å². The van der Waals surface area contributed by atoms with Gasteiger partial charge in [0.05, 0.1) is 6.20 Å². The van der Waals surface area contributed by atoms with Gasteiger partial charge >= 0.3 is 0 Å². The van der Waals surface area contributed by atoms with Gasteiger partial charge in [-0.05, 0) is 6.07 Å². The normalized spacial score (nSPS) is 10.3. The predicted molar refractivity (Wildman–Crippen MR) is 54.4 cm³/mol. The molecule has 0 aliphatic heterocycles. The lowest BCUT2D eigenvalue weighted by atomic mass is 10.2. The lowest BCUT2D eigenvalue weighted by Crippen LogP contribution is -1.74. The van der Waals surface area contributed by atoms with Crippen LogP contribution in [0.3, 0.4) is 0 Å². The highest BCUT2D eigenvalue weighted by Gasteiger charge is 2.05. The largest absolute Gasteiger partial charge is 0.441 e. The van der Waals surface area contributed by atoms with Gasteiger partial charge < -0.3 is 4.42 Å². The first-order chi connectivity index (χ1) is 6.27. The van der Waals surface area contributed by atoms with Crippen LogP contribution in [0.1, 0.15) is 5.89 Å². The van der Waals surface area contributed by atoms with Crippen molar-refractivity contribution >= 4 is 15.9 Å². The summed E-state index contributed by atoms with van der Waals surface area (Å²) >= 11 is 3.45. The Balaban J connectivity index is 2.52. The Bertz CT molecular complexity index is 422. The van der Waals surface area contributed by atoms with Crippen molar-refractivity contribution in [1.82, 2.24) is 4.98 Å². The summed E-state index contributed by atoms with van der Waals surface area (Å²) in [5.41, 5.74) is 1.03. The number of benzene rings is 1. The minimum atomic E-state index is 0.686. The second-order valence-corrected chi connectivity index (χ2v) is 3.58. The van der Waals surface area contributed by atoms with Crippen LogP contribution < -0.4 is 0 Å². The lowest BCUT2D eigenvalue weighted by molar-refractivity contribution is 0.534. The zero-order valence-corrected chi connectivity index (χ0v) is 8.71. The summed E-state index contributed by atoms with van der Waals surface area (Å²) in [6.45, 7) is 1.83. The topological polar surface area (TPSA) is 26.0 Å². The standard InChI is InChI=1S/C10H8BrNO/c1-7-12-6-10(13-7)8-4-2-3-5-9(8)11/h2-6H,1H3. The average Bonchev–Trinajstić information content (AvgIpc) is 2.53. The van der Waals surface area contributed by atoms with Gasteiger partial charge in [-0.25, -0.2) is 4.98 Å². The van der Waals surface area contributed by atoms with Crippen molar-refractivity contribution in [3.63, 3.8) is 0 Å². The zero-order chi connectivity index (χ0) is 9.26. The maximum Gasteiger partial charge on any atom is 0.191 e. The molecule has 0 amide bonds. The first kappa shape index (κ1) is 8.51. The highest BCUT2D eigenvalue weighted by molar-refractivity contribution is 9.10. The molecule has 0 bridgehead atoms. The molecule has 0 spiro atoms. The molecule has 0 aliphatic carbocycles. The molecule has 1 aromatic carbocycles. The second kappa shape index (κ2) is 3.34. The summed E-state index contributed by atoms with van der Waals surface area (Å²) in [7, 11) is 0. The van der Waals surface area contributed by atoms with Crippen LogP contribution in [0.5, 0.6) is 0 Å². The van der Waals surface area contributed by atoms with Gasteiger partial charge in [0.2, 0.25) is 0 Å². The maximum atomic E-state index is 5.41. The highest BCUT2D eigenvalue weighted by Crippen LogP contribution is 2.27. The number of halogens is 1. The fraction of sp³-hybridized carbons (Fsp3) is 0.100. The molecule has 0 atom stereocenters. The van der Waals surface area contributed by atoms with Crippen molar-refractivity contribution in [2.45, 2.75) is 6.92 Å². The average molecular weight is 238 g/mol. The van der Waals surface area contributed by atoms with Crippen molar-refractivity contribution in [3.8, 4) is 11.3 Å². The van der Waals surface area contributed by atoms with E-state index in [1.165, 1.54) is 0 Å². The Kier molecular flexibility index (Phi) is 2.19. The minimum absolute atomic E-state index is 0.686. The number of aryl methyl sites for hydroxylation is 1. The summed E-state index contributed by atoms with van der Waals surface area (Å²) in [5.74, 6) is 1.48. The molecule has 1 heterocycles. The molecule has 2 nitrogen and oxygen atoms in total. The molecule has 13 heavy (non-hydrogen) atoms. The van der Waals surface area contributed by atoms with Crippen LogP contribution in [-0.4, -0.2) is 4.98 Å². The van der Waals surface area contributed by atoms with Gasteiger partial charge in [0, 0.05) is 17.0 Å². The van der Waals surface area contributed by atoms with Crippen molar-refractivity contribution in [3.05, 3.63) is 40.8 Å². The van der Waals surface area contributed by atoms with E-state index in [2.05, 4.69) is 20.9 Å². The smallest absolute Gasteiger partial charge is 0.191 e. The summed E-state index contributed by atoms with van der Waals surface area (Å²) in [6.07, 6.45) is 1.73. The van der Waals surface area contributed by atoms with Crippen LogP contribution in [0.15, 0.2) is 39.4 Å². The Morgan fingerprint density at radius 1 is 1.31 bits per heavy atom. The third-order valence-electron chi connectivity index (χ3n) is 1.76. The van der Waals surface area contributed by atoms with Gasteiger partial charge in [-0.1, -0.05) is 34.1 Å². The molecule has 0 unspecified atom stereocenters. The molecular weight excluding hydrogens is 230 g/mol. The molecule has 0 radical (unpaired) electrons. The van der Waals surface area contributed by atoms with E-state index in [1.807, 2.05) is 31.2 Å². The van der Waals surface area contributed by atoms with Gasteiger partial charge in [0.15, 0.2) is 11.7 Å². The molecule has 0 aliphatic rings. The molecular formula is C10H8BrNO. The number of oxazole rings is 1. The zero-order valence-electron chi connectivity index (χ0n) is 7.12. The van der Waals surface area contributed by atoms with Crippen molar-refractivity contribution < 1.29 is 4.42 Å². The highest BCUT2D eigenvalue weighted by atomic mass is 79.9. The Morgan fingerprint density at radius 3 is 2.69 bits per heavy atom. The third kappa shape index (κ3) is 1.65. The number of rotatable bonds is 1. The first-order valence-electron chi connectivity index (χ1n) is 3.95. The molecule has 0 saturated carbocycles. The molecule has 1 aromatic heterocycles. The van der Waals surface area contributed by atoms with E-state index in [0.717, 1.165) is 15.8 Å². The van der Waals surface area contributed by atoms with E-state index in [9.17, 15) is 0 Å². The molecule has 0 N–H and O–H groups in total. The van der Waals surface area contributed by atoms with Gasteiger partial charge in [-0.3, -0.25) is 0 Å². The molecule has 0 fully saturated rings. The minimum Gasteiger partial charge on any atom is -0.441 e. The fourth-order valence-corrected chi connectivity index (χ4v) is 1.63. The van der Waals surface area contributed by atoms with E-state index >= 15 is 0 Å². The first-order valence-corrected chi connectivity index (χ1v) is 4.74. The number of hydrogen-bond donors (Lipinski definition) is 0. The fourth-order valence-electron chi connectivity index (χ4n) is 1.15. The van der Waals surface area contributed by atoms with Crippen LogP contribution in [0.2, 0.25) is 0 Å². The predicted octanol–water partition coefficient (Wildman–Crippen LogP) is 3.41. The molecule has 3 heteroatoms. The van der Waals surface area contributed by atoms with Crippen molar-refractivity contribution in [2.24, 2.45) is 0 Å². The molecule has 2 aromatic rings. The third-order valence-corrected chi connectivity index (χ3v) is 2.45. The summed E-state index contributed by atoms with van der Waals surface area (Å²) < 4.78 is 6.43. The van der Waals surface area contributed by atoms with Gasteiger partial charge in [0.1, 0.15) is 0 Å². The van der Waals surface area contributed by atoms with Gasteiger partial charge in [0.25, 0.3) is 0 Å². The number of hydrogen-bond acceptors (Lipinski definition) is 2. The summed E-state index contributed by atoms with van der Waals surface area (Å²) in [6, 6.07) is 7.91. The number of aromatic nitrogens is 1. The maximum absolute atomic E-state index is 5.41. The van der Waals surface area contributed by atoms with E-state index < -0.39 is 0 Å². The Labute approximate surface area is 84.7 Å².